The Kier molecular flexibility index (Phi) is 9.26. The number of fused-ring (bicyclic) bond motifs is 1. The van der Waals surface area contributed by atoms with E-state index >= 15 is 0 Å². The number of hydrogen-bond acceptors (Lipinski definition) is 3. The highest BCUT2D eigenvalue weighted by Gasteiger charge is 2.37. The van der Waals surface area contributed by atoms with Crippen LogP contribution in [0.4, 0.5) is 36.8 Å². The summed E-state index contributed by atoms with van der Waals surface area (Å²) in [4.78, 5) is 13.9. The van der Waals surface area contributed by atoms with Crippen LogP contribution in [0.15, 0.2) is 30.3 Å². The first-order valence-corrected chi connectivity index (χ1v) is 12.8. The van der Waals surface area contributed by atoms with E-state index in [4.69, 9.17) is 10.5 Å². The van der Waals surface area contributed by atoms with Gasteiger partial charge in [0.05, 0.1) is 11.1 Å². The molecule has 0 saturated heterocycles. The zero-order valence-corrected chi connectivity index (χ0v) is 21.8. The van der Waals surface area contributed by atoms with Gasteiger partial charge in [0.25, 0.3) is 0 Å². The normalized spacial score (nSPS) is 14.5. The maximum Gasteiger partial charge on any atom is 0.416 e. The molecular formula is C28H34F6N2O2. The predicted molar refractivity (Wildman–Crippen MR) is 134 cm³/mol. The lowest BCUT2D eigenvalue weighted by Gasteiger charge is -2.29. The fourth-order valence-corrected chi connectivity index (χ4v) is 4.95. The van der Waals surface area contributed by atoms with Crippen LogP contribution in [-0.4, -0.2) is 25.3 Å². The van der Waals surface area contributed by atoms with Crippen molar-refractivity contribution in [3.8, 4) is 0 Å². The van der Waals surface area contributed by atoms with Gasteiger partial charge < -0.3 is 15.4 Å². The topological polar surface area (TPSA) is 55.6 Å². The highest BCUT2D eigenvalue weighted by atomic mass is 19.4. The molecule has 38 heavy (non-hydrogen) atoms. The zero-order chi connectivity index (χ0) is 28.3. The molecule has 10 heteroatoms. The molecule has 0 fully saturated rings. The molecule has 0 heterocycles. The molecular weight excluding hydrogens is 510 g/mol. The van der Waals surface area contributed by atoms with Crippen LogP contribution in [0.3, 0.4) is 0 Å². The van der Waals surface area contributed by atoms with Crippen LogP contribution in [0.25, 0.3) is 0 Å². The summed E-state index contributed by atoms with van der Waals surface area (Å²) in [5.41, 5.74) is 6.34. The van der Waals surface area contributed by atoms with Crippen LogP contribution in [0.2, 0.25) is 0 Å². The van der Waals surface area contributed by atoms with Crippen molar-refractivity contribution in [2.24, 2.45) is 11.7 Å². The summed E-state index contributed by atoms with van der Waals surface area (Å²) in [6.45, 7) is 7.76. The molecule has 1 aliphatic carbocycles. The molecule has 1 unspecified atom stereocenters. The molecule has 3 rings (SSSR count). The summed E-state index contributed by atoms with van der Waals surface area (Å²) in [7, 11) is 0. The third-order valence-electron chi connectivity index (χ3n) is 6.83. The standard InChI is InChI=1S/C28H34F6N2O2/c1-4-36(9-8-17(2)3)25-15-20-7-5-6-19(20)13-21(25)14-24(38-26(35)37)12-18-10-22(27(29,30)31)16-23(11-18)28(32,33)34/h10-11,13,15-17,24H,4-9,12,14H2,1-3H3,(H2,35,37). The minimum absolute atomic E-state index is 0.0832. The second-order valence-electron chi connectivity index (χ2n) is 10.2. The number of nitrogens with two attached hydrogens (primary N) is 1. The van der Waals surface area contributed by atoms with E-state index in [0.717, 1.165) is 49.0 Å². The Morgan fingerprint density at radius 1 is 0.947 bits per heavy atom. The summed E-state index contributed by atoms with van der Waals surface area (Å²) >= 11 is 0. The molecule has 1 amide bonds. The Bertz CT molecular complexity index is 1100. The smallest absolute Gasteiger partial charge is 0.416 e. The van der Waals surface area contributed by atoms with Gasteiger partial charge in [-0.2, -0.15) is 26.3 Å². The summed E-state index contributed by atoms with van der Waals surface area (Å²) in [6, 6.07) is 5.56. The molecule has 0 aromatic heterocycles. The van der Waals surface area contributed by atoms with E-state index in [2.05, 4.69) is 24.8 Å². The molecule has 4 nitrogen and oxygen atoms in total. The molecule has 0 aliphatic heterocycles. The summed E-state index contributed by atoms with van der Waals surface area (Å²) in [6.07, 6.45) is -8.64. The molecule has 2 N–H and O–H groups in total. The first-order valence-electron chi connectivity index (χ1n) is 12.8. The van der Waals surface area contributed by atoms with E-state index in [-0.39, 0.29) is 24.5 Å². The first-order chi connectivity index (χ1) is 17.7. The lowest BCUT2D eigenvalue weighted by atomic mass is 9.94. The van der Waals surface area contributed by atoms with Gasteiger partial charge in [-0.3, -0.25) is 0 Å². The number of ether oxygens (including phenoxy) is 1. The van der Waals surface area contributed by atoms with Crippen molar-refractivity contribution in [1.29, 1.82) is 0 Å². The van der Waals surface area contributed by atoms with Crippen molar-refractivity contribution in [1.82, 2.24) is 0 Å². The maximum atomic E-state index is 13.4. The number of nitrogens with zero attached hydrogens (tertiary/aromatic N) is 1. The van der Waals surface area contributed by atoms with E-state index in [1.807, 2.05) is 13.0 Å². The molecule has 0 saturated carbocycles. The minimum Gasteiger partial charge on any atom is -0.446 e. The van der Waals surface area contributed by atoms with Crippen LogP contribution in [0.1, 0.15) is 67.0 Å². The van der Waals surface area contributed by atoms with Crippen molar-refractivity contribution >= 4 is 11.8 Å². The second-order valence-corrected chi connectivity index (χ2v) is 10.2. The van der Waals surface area contributed by atoms with Gasteiger partial charge in [-0.15, -0.1) is 0 Å². The van der Waals surface area contributed by atoms with E-state index in [1.165, 1.54) is 5.56 Å². The Morgan fingerprint density at radius 2 is 1.53 bits per heavy atom. The van der Waals surface area contributed by atoms with Crippen LogP contribution < -0.4 is 10.6 Å². The lowest BCUT2D eigenvalue weighted by molar-refractivity contribution is -0.143. The number of rotatable bonds is 10. The van der Waals surface area contributed by atoms with Gasteiger partial charge >= 0.3 is 18.4 Å². The fourth-order valence-electron chi connectivity index (χ4n) is 4.95. The van der Waals surface area contributed by atoms with Crippen LogP contribution in [0, 0.1) is 5.92 Å². The van der Waals surface area contributed by atoms with Crippen molar-refractivity contribution in [3.63, 3.8) is 0 Å². The van der Waals surface area contributed by atoms with Gasteiger partial charge in [0.2, 0.25) is 0 Å². The minimum atomic E-state index is -4.97. The van der Waals surface area contributed by atoms with Gasteiger partial charge in [-0.1, -0.05) is 19.9 Å². The average Bonchev–Trinajstić information content (AvgIpc) is 3.25. The third-order valence-corrected chi connectivity index (χ3v) is 6.83. The Morgan fingerprint density at radius 3 is 2.03 bits per heavy atom. The number of anilines is 1. The lowest BCUT2D eigenvalue weighted by Crippen LogP contribution is -2.30. The van der Waals surface area contributed by atoms with Gasteiger partial charge in [0.15, 0.2) is 0 Å². The molecule has 2 aromatic carbocycles. The number of halogens is 6. The number of alkyl halides is 6. The first kappa shape index (κ1) is 29.6. The highest BCUT2D eigenvalue weighted by Crippen LogP contribution is 2.37. The highest BCUT2D eigenvalue weighted by molar-refractivity contribution is 5.65. The quantitative estimate of drug-likeness (QED) is 0.319. The van der Waals surface area contributed by atoms with Crippen molar-refractivity contribution in [3.05, 3.63) is 63.7 Å². The zero-order valence-electron chi connectivity index (χ0n) is 21.8. The largest absolute Gasteiger partial charge is 0.446 e. The number of primary amides is 1. The fraction of sp³-hybridized carbons (Fsp3) is 0.536. The third kappa shape index (κ3) is 7.80. The molecule has 1 atom stereocenters. The molecule has 210 valence electrons. The van der Waals surface area contributed by atoms with Gasteiger partial charge in [0, 0.05) is 31.6 Å². The van der Waals surface area contributed by atoms with Crippen LogP contribution in [-0.2, 0) is 42.8 Å². The number of benzene rings is 2. The summed E-state index contributed by atoms with van der Waals surface area (Å²) < 4.78 is 85.6. The maximum absolute atomic E-state index is 13.4. The monoisotopic (exact) mass is 544 g/mol. The molecule has 0 spiro atoms. The van der Waals surface area contributed by atoms with Crippen LogP contribution >= 0.6 is 0 Å². The average molecular weight is 545 g/mol. The molecule has 2 aromatic rings. The Labute approximate surface area is 219 Å². The van der Waals surface area contributed by atoms with Crippen molar-refractivity contribution in [2.45, 2.75) is 77.8 Å². The number of carbonyl (C=O) groups excluding carboxylic acids is 1. The summed E-state index contributed by atoms with van der Waals surface area (Å²) in [5, 5.41) is 0. The summed E-state index contributed by atoms with van der Waals surface area (Å²) in [5.74, 6) is 0.469. The number of carbonyl (C=O) groups is 1. The van der Waals surface area contributed by atoms with Gasteiger partial charge in [-0.05, 0) is 85.0 Å². The van der Waals surface area contributed by atoms with E-state index in [1.54, 1.807) is 0 Å². The van der Waals surface area contributed by atoms with E-state index < -0.39 is 35.7 Å². The second kappa shape index (κ2) is 11.9. The van der Waals surface area contributed by atoms with Crippen molar-refractivity contribution < 1.29 is 35.9 Å². The number of aryl methyl sites for hydroxylation is 2. The Hall–Kier alpha value is -2.91. The molecule has 0 radical (unpaired) electrons. The van der Waals surface area contributed by atoms with Gasteiger partial charge in [-0.25, -0.2) is 4.79 Å². The van der Waals surface area contributed by atoms with Gasteiger partial charge in [0.1, 0.15) is 6.10 Å². The SMILES string of the molecule is CCN(CCC(C)C)c1cc2c(cc1CC(Cc1cc(C(F)(F)F)cc(C(F)(F)F)c1)OC(N)=O)CCC2. The van der Waals surface area contributed by atoms with Crippen molar-refractivity contribution in [2.75, 3.05) is 18.0 Å². The van der Waals surface area contributed by atoms with Crippen LogP contribution in [0.5, 0.6) is 0 Å². The number of amides is 1. The Balaban J connectivity index is 2.01. The predicted octanol–water partition coefficient (Wildman–Crippen LogP) is 7.33. The molecule has 0 bridgehead atoms. The van der Waals surface area contributed by atoms with E-state index in [9.17, 15) is 31.1 Å². The number of hydrogen-bond donors (Lipinski definition) is 1. The molecule has 1 aliphatic rings. The van der Waals surface area contributed by atoms with E-state index in [0.29, 0.717) is 24.6 Å².